The van der Waals surface area contributed by atoms with Crippen molar-refractivity contribution >= 4 is 5.97 Å². The molecule has 5 rings (SSSR count). The van der Waals surface area contributed by atoms with Crippen molar-refractivity contribution in [2.45, 2.75) is 70.9 Å². The second-order valence-corrected chi connectivity index (χ2v) is 10.1. The van der Waals surface area contributed by atoms with Crippen LogP contribution >= 0.6 is 0 Å². The number of hydrogen-bond donors (Lipinski definition) is 1. The van der Waals surface area contributed by atoms with E-state index in [-0.39, 0.29) is 17.6 Å². The van der Waals surface area contributed by atoms with E-state index in [0.29, 0.717) is 42.9 Å². The molecule has 3 aromatic rings. The molecule has 3 heterocycles. The fraction of sp³-hybridized carbons (Fsp3) is 0.519. The zero-order chi connectivity index (χ0) is 25.2. The smallest absolute Gasteiger partial charge is 0.306 e. The first-order valence-electron chi connectivity index (χ1n) is 12.9. The summed E-state index contributed by atoms with van der Waals surface area (Å²) in [5.41, 5.74) is 4.04. The zero-order valence-electron chi connectivity index (χ0n) is 20.9. The van der Waals surface area contributed by atoms with Crippen LogP contribution < -0.4 is 10.3 Å². The average molecular weight is 492 g/mol. The molecule has 0 unspecified atom stereocenters. The third-order valence-electron chi connectivity index (χ3n) is 7.31. The highest BCUT2D eigenvalue weighted by Crippen LogP contribution is 2.33. The number of pyridine rings is 2. The molecule has 2 fully saturated rings. The predicted molar refractivity (Wildman–Crippen MR) is 134 cm³/mol. The maximum atomic E-state index is 12.6. The number of ether oxygens (including phenoxy) is 1. The van der Waals surface area contributed by atoms with Crippen LogP contribution in [0.1, 0.15) is 62.4 Å². The molecule has 190 valence electrons. The molecule has 3 aromatic heterocycles. The van der Waals surface area contributed by atoms with Crippen LogP contribution in [-0.4, -0.2) is 41.7 Å². The summed E-state index contributed by atoms with van der Waals surface area (Å²) in [7, 11) is 1.82. The van der Waals surface area contributed by atoms with Crippen molar-refractivity contribution in [2.24, 2.45) is 18.9 Å². The van der Waals surface area contributed by atoms with Gasteiger partial charge in [0.05, 0.1) is 35.6 Å². The number of carboxylic acids is 1. The Morgan fingerprint density at radius 1 is 1.17 bits per heavy atom. The Kier molecular flexibility index (Phi) is 6.89. The molecule has 1 N–H and O–H groups in total. The molecule has 0 bridgehead atoms. The lowest BCUT2D eigenvalue weighted by Crippen LogP contribution is -2.29. The van der Waals surface area contributed by atoms with Crippen LogP contribution in [-0.2, 0) is 31.2 Å². The van der Waals surface area contributed by atoms with Crippen molar-refractivity contribution in [3.8, 4) is 17.1 Å². The Morgan fingerprint density at radius 2 is 2.00 bits per heavy atom. The lowest BCUT2D eigenvalue weighted by Gasteiger charge is -2.28. The van der Waals surface area contributed by atoms with Gasteiger partial charge < -0.3 is 14.4 Å². The number of aryl methyl sites for hydroxylation is 2. The number of aliphatic carboxylic acids is 1. The summed E-state index contributed by atoms with van der Waals surface area (Å²) in [6, 6.07) is 7.33. The highest BCUT2D eigenvalue weighted by molar-refractivity contribution is 5.70. The number of rotatable bonds is 9. The number of hydrogen-bond acceptors (Lipinski definition) is 6. The van der Waals surface area contributed by atoms with Gasteiger partial charge in [0.15, 0.2) is 0 Å². The lowest BCUT2D eigenvalue weighted by molar-refractivity contribution is -0.143. The Hall–Kier alpha value is -3.49. The summed E-state index contributed by atoms with van der Waals surface area (Å²) < 4.78 is 9.65. The Bertz CT molecular complexity index is 1310. The molecule has 0 radical (unpaired) electrons. The van der Waals surface area contributed by atoms with E-state index in [9.17, 15) is 14.7 Å². The fourth-order valence-electron chi connectivity index (χ4n) is 5.03. The third-order valence-corrected chi connectivity index (χ3v) is 7.31. The summed E-state index contributed by atoms with van der Waals surface area (Å²) in [4.78, 5) is 28.9. The standard InChI is InChI=1S/C27H33N5O4/c1-3-21-24(36-20-6-4-5-19(14-20)27(34)35)11-10-22(28-21)26-23(31(2)30-29-26)16-32-15-18(9-12-25(32)33)13-17-7-8-17/h9-12,15,17,19-20H,3-8,13-14,16H2,1-2H3,(H,34,35)/t19-,20-/m0/s1. The van der Waals surface area contributed by atoms with Gasteiger partial charge >= 0.3 is 5.97 Å². The van der Waals surface area contributed by atoms with Gasteiger partial charge in [0.25, 0.3) is 5.56 Å². The number of aromatic nitrogens is 5. The largest absolute Gasteiger partial charge is 0.488 e. The first kappa shape index (κ1) is 24.2. The molecule has 2 saturated carbocycles. The minimum absolute atomic E-state index is 0.0557. The maximum absolute atomic E-state index is 12.6. The Balaban J connectivity index is 1.38. The minimum Gasteiger partial charge on any atom is -0.488 e. The summed E-state index contributed by atoms with van der Waals surface area (Å²) >= 11 is 0. The zero-order valence-corrected chi connectivity index (χ0v) is 20.9. The van der Waals surface area contributed by atoms with Crippen LogP contribution in [0.5, 0.6) is 5.75 Å². The average Bonchev–Trinajstić information content (AvgIpc) is 3.62. The molecule has 2 aliphatic rings. The summed E-state index contributed by atoms with van der Waals surface area (Å²) in [6.45, 7) is 2.37. The first-order valence-corrected chi connectivity index (χ1v) is 12.9. The topological polar surface area (TPSA) is 112 Å². The molecule has 36 heavy (non-hydrogen) atoms. The molecule has 9 nitrogen and oxygen atoms in total. The maximum Gasteiger partial charge on any atom is 0.306 e. The molecule has 0 aliphatic heterocycles. The van der Waals surface area contributed by atoms with Crippen molar-refractivity contribution in [1.82, 2.24) is 24.5 Å². The van der Waals surface area contributed by atoms with Crippen molar-refractivity contribution in [1.29, 1.82) is 0 Å². The van der Waals surface area contributed by atoms with E-state index in [1.807, 2.05) is 38.4 Å². The van der Waals surface area contributed by atoms with Gasteiger partial charge in [0.2, 0.25) is 0 Å². The van der Waals surface area contributed by atoms with Gasteiger partial charge in [-0.05, 0) is 75.0 Å². The van der Waals surface area contributed by atoms with Crippen LogP contribution in [0.15, 0.2) is 35.3 Å². The monoisotopic (exact) mass is 491 g/mol. The molecule has 0 amide bonds. The van der Waals surface area contributed by atoms with Crippen LogP contribution in [0.2, 0.25) is 0 Å². The first-order chi connectivity index (χ1) is 17.4. The molecule has 2 atom stereocenters. The van der Waals surface area contributed by atoms with E-state index in [1.165, 1.54) is 18.4 Å². The fourth-order valence-corrected chi connectivity index (χ4v) is 5.03. The van der Waals surface area contributed by atoms with E-state index in [1.54, 1.807) is 15.3 Å². The van der Waals surface area contributed by atoms with Gasteiger partial charge in [-0.1, -0.05) is 18.2 Å². The van der Waals surface area contributed by atoms with E-state index >= 15 is 0 Å². The van der Waals surface area contributed by atoms with Gasteiger partial charge in [0.1, 0.15) is 11.4 Å². The molecule has 0 spiro atoms. The van der Waals surface area contributed by atoms with E-state index < -0.39 is 5.97 Å². The van der Waals surface area contributed by atoms with Crippen LogP contribution in [0.4, 0.5) is 0 Å². The summed E-state index contributed by atoms with van der Waals surface area (Å²) in [5.74, 6) is 0.326. The highest BCUT2D eigenvalue weighted by atomic mass is 16.5. The van der Waals surface area contributed by atoms with Gasteiger partial charge in [-0.25, -0.2) is 9.67 Å². The molecular weight excluding hydrogens is 458 g/mol. The van der Waals surface area contributed by atoms with Gasteiger partial charge in [-0.15, -0.1) is 5.10 Å². The molecule has 0 aromatic carbocycles. The van der Waals surface area contributed by atoms with Gasteiger partial charge in [0, 0.05) is 19.3 Å². The third kappa shape index (κ3) is 5.34. The van der Waals surface area contributed by atoms with E-state index in [4.69, 9.17) is 9.72 Å². The summed E-state index contributed by atoms with van der Waals surface area (Å²) in [5, 5.41) is 18.0. The number of carbonyl (C=O) groups is 1. The SMILES string of the molecule is CCc1nc(-c2nnn(C)c2Cn2cc(CC3CC3)ccc2=O)ccc1O[C@H]1CCC[C@H](C(=O)O)C1. The summed E-state index contributed by atoms with van der Waals surface area (Å²) in [6.07, 6.45) is 8.94. The predicted octanol–water partition coefficient (Wildman–Crippen LogP) is 3.62. The van der Waals surface area contributed by atoms with Crippen molar-refractivity contribution in [3.63, 3.8) is 0 Å². The second kappa shape index (κ2) is 10.2. The van der Waals surface area contributed by atoms with Crippen LogP contribution in [0, 0.1) is 11.8 Å². The molecular formula is C27H33N5O4. The quantitative estimate of drug-likeness (QED) is 0.486. The minimum atomic E-state index is -0.750. The normalized spacial score (nSPS) is 19.8. The van der Waals surface area contributed by atoms with Crippen LogP contribution in [0.3, 0.4) is 0 Å². The van der Waals surface area contributed by atoms with Crippen molar-refractivity contribution in [3.05, 3.63) is 57.8 Å². The van der Waals surface area contributed by atoms with E-state index in [0.717, 1.165) is 36.6 Å². The number of nitrogens with zero attached hydrogens (tertiary/aromatic N) is 5. The van der Waals surface area contributed by atoms with Crippen molar-refractivity contribution in [2.75, 3.05) is 0 Å². The Morgan fingerprint density at radius 3 is 2.75 bits per heavy atom. The lowest BCUT2D eigenvalue weighted by atomic mass is 9.87. The van der Waals surface area contributed by atoms with Crippen molar-refractivity contribution < 1.29 is 14.6 Å². The second-order valence-electron chi connectivity index (χ2n) is 10.1. The molecule has 0 saturated heterocycles. The number of carboxylic acid groups (broad SMARTS) is 1. The van der Waals surface area contributed by atoms with Gasteiger partial charge in [-0.2, -0.15) is 0 Å². The molecule has 2 aliphatic carbocycles. The van der Waals surface area contributed by atoms with Gasteiger partial charge in [-0.3, -0.25) is 9.59 Å². The highest BCUT2D eigenvalue weighted by Gasteiger charge is 2.29. The molecule has 9 heteroatoms. The van der Waals surface area contributed by atoms with Crippen LogP contribution in [0.25, 0.3) is 11.4 Å². The Labute approximate surface area is 210 Å². The van der Waals surface area contributed by atoms with E-state index in [2.05, 4.69) is 10.3 Å².